The smallest absolute Gasteiger partial charge is 0.416 e. The molecular formula is C14H17F3N2O2. The van der Waals surface area contributed by atoms with E-state index in [1.807, 2.05) is 7.05 Å². The zero-order valence-electron chi connectivity index (χ0n) is 11.6. The first-order chi connectivity index (χ1) is 9.79. The third kappa shape index (κ3) is 4.10. The van der Waals surface area contributed by atoms with Gasteiger partial charge in [-0.15, -0.1) is 0 Å². The molecule has 2 rings (SSSR count). The van der Waals surface area contributed by atoms with E-state index in [1.165, 1.54) is 6.07 Å². The molecule has 0 heterocycles. The number of rotatable bonds is 6. The summed E-state index contributed by atoms with van der Waals surface area (Å²) < 4.78 is 37.8. The van der Waals surface area contributed by atoms with Gasteiger partial charge in [-0.25, -0.2) is 4.79 Å². The van der Waals surface area contributed by atoms with Gasteiger partial charge in [-0.1, -0.05) is 0 Å². The maximum Gasteiger partial charge on any atom is 0.416 e. The van der Waals surface area contributed by atoms with Crippen molar-refractivity contribution in [3.63, 3.8) is 0 Å². The molecule has 7 heteroatoms. The van der Waals surface area contributed by atoms with E-state index in [1.54, 1.807) is 0 Å². The zero-order valence-corrected chi connectivity index (χ0v) is 11.6. The monoisotopic (exact) mass is 302 g/mol. The Labute approximate surface area is 120 Å². The first-order valence-electron chi connectivity index (χ1n) is 6.67. The molecule has 1 aliphatic rings. The van der Waals surface area contributed by atoms with Crippen molar-refractivity contribution in [1.29, 1.82) is 0 Å². The number of aromatic carboxylic acids is 1. The average molecular weight is 302 g/mol. The summed E-state index contributed by atoms with van der Waals surface area (Å²) in [6.45, 7) is 1.20. The van der Waals surface area contributed by atoms with Gasteiger partial charge in [0.1, 0.15) is 0 Å². The van der Waals surface area contributed by atoms with Crippen LogP contribution in [0.25, 0.3) is 0 Å². The van der Waals surface area contributed by atoms with Crippen LogP contribution in [-0.4, -0.2) is 42.2 Å². The summed E-state index contributed by atoms with van der Waals surface area (Å²) in [5.74, 6) is -1.38. The van der Waals surface area contributed by atoms with Gasteiger partial charge in [-0.05, 0) is 38.1 Å². The van der Waals surface area contributed by atoms with E-state index in [-0.39, 0.29) is 11.3 Å². The van der Waals surface area contributed by atoms with Crippen molar-refractivity contribution >= 4 is 11.7 Å². The predicted octanol–water partition coefficient (Wildman–Crippen LogP) is 2.91. The molecule has 0 bridgehead atoms. The summed E-state index contributed by atoms with van der Waals surface area (Å²) in [5.41, 5.74) is -1.11. The highest BCUT2D eigenvalue weighted by Crippen LogP contribution is 2.32. The van der Waals surface area contributed by atoms with Crippen LogP contribution in [-0.2, 0) is 6.18 Å². The molecule has 0 atom stereocenters. The van der Waals surface area contributed by atoms with Gasteiger partial charge in [0, 0.05) is 24.8 Å². The minimum absolute atomic E-state index is 0.208. The van der Waals surface area contributed by atoms with Crippen LogP contribution in [0.1, 0.15) is 28.8 Å². The van der Waals surface area contributed by atoms with Crippen LogP contribution < -0.4 is 5.32 Å². The number of likely N-dealkylation sites (N-methyl/N-ethyl adjacent to an activating group) is 1. The van der Waals surface area contributed by atoms with E-state index in [0.717, 1.165) is 18.9 Å². The van der Waals surface area contributed by atoms with E-state index in [0.29, 0.717) is 25.2 Å². The molecule has 1 aromatic rings. The van der Waals surface area contributed by atoms with Gasteiger partial charge in [0.05, 0.1) is 11.1 Å². The molecule has 0 aliphatic heterocycles. The second-order valence-electron chi connectivity index (χ2n) is 5.20. The zero-order chi connectivity index (χ0) is 15.6. The van der Waals surface area contributed by atoms with Crippen LogP contribution >= 0.6 is 0 Å². The Morgan fingerprint density at radius 1 is 1.43 bits per heavy atom. The molecule has 0 amide bonds. The Hall–Kier alpha value is -1.76. The summed E-state index contributed by atoms with van der Waals surface area (Å²) in [5, 5.41) is 11.9. The van der Waals surface area contributed by atoms with Crippen LogP contribution in [0, 0.1) is 0 Å². The molecule has 0 saturated heterocycles. The fourth-order valence-corrected chi connectivity index (χ4v) is 2.12. The Morgan fingerprint density at radius 3 is 2.62 bits per heavy atom. The minimum atomic E-state index is -4.55. The third-order valence-corrected chi connectivity index (χ3v) is 3.53. The summed E-state index contributed by atoms with van der Waals surface area (Å²) in [6.07, 6.45) is -2.22. The number of halogens is 3. The number of hydrogen-bond donors (Lipinski definition) is 2. The predicted molar refractivity (Wildman–Crippen MR) is 72.5 cm³/mol. The second kappa shape index (κ2) is 5.93. The lowest BCUT2D eigenvalue weighted by atomic mass is 10.1. The number of carboxylic acid groups (broad SMARTS) is 1. The van der Waals surface area contributed by atoms with E-state index in [4.69, 9.17) is 5.11 Å². The lowest BCUT2D eigenvalue weighted by Gasteiger charge is -2.17. The van der Waals surface area contributed by atoms with E-state index < -0.39 is 17.7 Å². The average Bonchev–Trinajstić information content (AvgIpc) is 3.21. The molecule has 1 saturated carbocycles. The lowest BCUT2D eigenvalue weighted by Crippen LogP contribution is -2.27. The molecule has 1 aromatic carbocycles. The molecule has 0 spiro atoms. The van der Waals surface area contributed by atoms with Gasteiger partial charge in [0.25, 0.3) is 0 Å². The number of carboxylic acids is 1. The van der Waals surface area contributed by atoms with Crippen LogP contribution in [0.5, 0.6) is 0 Å². The van der Waals surface area contributed by atoms with Crippen molar-refractivity contribution in [3.05, 3.63) is 29.3 Å². The molecule has 2 N–H and O–H groups in total. The van der Waals surface area contributed by atoms with Crippen molar-refractivity contribution in [2.45, 2.75) is 25.1 Å². The van der Waals surface area contributed by atoms with E-state index >= 15 is 0 Å². The molecule has 1 fully saturated rings. The number of carbonyl (C=O) groups is 1. The fraction of sp³-hybridized carbons (Fsp3) is 0.500. The van der Waals surface area contributed by atoms with Gasteiger partial charge in [-0.3, -0.25) is 0 Å². The lowest BCUT2D eigenvalue weighted by molar-refractivity contribution is -0.137. The summed E-state index contributed by atoms with van der Waals surface area (Å²) in [6, 6.07) is 3.30. The highest BCUT2D eigenvalue weighted by Gasteiger charge is 2.32. The molecule has 0 unspecified atom stereocenters. The third-order valence-electron chi connectivity index (χ3n) is 3.53. The fourth-order valence-electron chi connectivity index (χ4n) is 2.12. The van der Waals surface area contributed by atoms with Gasteiger partial charge in [0.2, 0.25) is 0 Å². The van der Waals surface area contributed by atoms with Crippen LogP contribution in [0.2, 0.25) is 0 Å². The first-order valence-corrected chi connectivity index (χ1v) is 6.67. The number of anilines is 1. The first kappa shape index (κ1) is 15.6. The SMILES string of the molecule is CN(CCNc1ccc(C(F)(F)F)cc1C(=O)O)C1CC1. The molecular weight excluding hydrogens is 285 g/mol. The maximum atomic E-state index is 12.6. The Kier molecular flexibility index (Phi) is 4.41. The molecule has 4 nitrogen and oxygen atoms in total. The molecule has 0 radical (unpaired) electrons. The molecule has 116 valence electrons. The maximum absolute atomic E-state index is 12.6. The Balaban J connectivity index is 2.05. The number of alkyl halides is 3. The van der Waals surface area contributed by atoms with E-state index in [9.17, 15) is 18.0 Å². The summed E-state index contributed by atoms with van der Waals surface area (Å²) in [4.78, 5) is 13.2. The van der Waals surface area contributed by atoms with Crippen molar-refractivity contribution < 1.29 is 23.1 Å². The second-order valence-corrected chi connectivity index (χ2v) is 5.20. The molecule has 21 heavy (non-hydrogen) atoms. The van der Waals surface area contributed by atoms with Crippen LogP contribution in [0.15, 0.2) is 18.2 Å². The van der Waals surface area contributed by atoms with Crippen LogP contribution in [0.3, 0.4) is 0 Å². The van der Waals surface area contributed by atoms with Gasteiger partial charge >= 0.3 is 12.1 Å². The van der Waals surface area contributed by atoms with Gasteiger partial charge in [0.15, 0.2) is 0 Å². The Morgan fingerprint density at radius 2 is 2.10 bits per heavy atom. The molecule has 1 aliphatic carbocycles. The number of nitrogens with zero attached hydrogens (tertiary/aromatic N) is 1. The van der Waals surface area contributed by atoms with Crippen LogP contribution in [0.4, 0.5) is 18.9 Å². The standard InChI is InChI=1S/C14H17F3N2O2/c1-19(10-3-4-10)7-6-18-12-5-2-9(14(15,16)17)8-11(12)13(20)21/h2,5,8,10,18H,3-4,6-7H2,1H3,(H,20,21). The van der Waals surface area contributed by atoms with Crippen molar-refractivity contribution in [3.8, 4) is 0 Å². The van der Waals surface area contributed by atoms with Gasteiger partial charge in [-0.2, -0.15) is 13.2 Å². The van der Waals surface area contributed by atoms with Crippen molar-refractivity contribution in [2.24, 2.45) is 0 Å². The topological polar surface area (TPSA) is 52.6 Å². The Bertz CT molecular complexity index is 527. The highest BCUT2D eigenvalue weighted by atomic mass is 19.4. The van der Waals surface area contributed by atoms with Gasteiger partial charge < -0.3 is 15.3 Å². The normalized spacial score (nSPS) is 15.3. The number of nitrogens with one attached hydrogen (secondary N) is 1. The van der Waals surface area contributed by atoms with E-state index in [2.05, 4.69) is 10.2 Å². The molecule has 0 aromatic heterocycles. The van der Waals surface area contributed by atoms with Crippen molar-refractivity contribution in [2.75, 3.05) is 25.5 Å². The summed E-state index contributed by atoms with van der Waals surface area (Å²) >= 11 is 0. The summed E-state index contributed by atoms with van der Waals surface area (Å²) in [7, 11) is 1.98. The quantitative estimate of drug-likeness (QED) is 0.848. The highest BCUT2D eigenvalue weighted by molar-refractivity contribution is 5.94. The minimum Gasteiger partial charge on any atom is -0.478 e. The largest absolute Gasteiger partial charge is 0.478 e. The number of hydrogen-bond acceptors (Lipinski definition) is 3. The van der Waals surface area contributed by atoms with Crippen molar-refractivity contribution in [1.82, 2.24) is 4.90 Å². The number of benzene rings is 1.